The number of nitrogens with two attached hydrogens (primary N) is 1. The SMILES string of the molecule is CCCN1C[C@H]2CC[C@@H]1CN(c1nc3c(cc1C(N)=O)CCC3)C2. The standard InChI is InChI=1S/C19H28N4O/c1-2-8-22-10-13-6-7-15(22)12-23(11-13)19-16(18(20)24)9-14-4-3-5-17(14)21-19/h9,13,15H,2-8,10-12H2,1H3,(H2,20,24)/t13-,15-/m1/s1. The number of nitrogens with zero attached hydrogens (tertiary/aromatic N) is 3. The fourth-order valence-corrected chi connectivity index (χ4v) is 4.80. The Morgan fingerprint density at radius 1 is 1.29 bits per heavy atom. The molecule has 2 bridgehead atoms. The van der Waals surface area contributed by atoms with Gasteiger partial charge in [0.15, 0.2) is 0 Å². The first-order valence-electron chi connectivity index (χ1n) is 9.47. The Balaban J connectivity index is 1.67. The van der Waals surface area contributed by atoms with Crippen molar-refractivity contribution < 1.29 is 4.79 Å². The van der Waals surface area contributed by atoms with Crippen molar-refractivity contribution in [3.63, 3.8) is 0 Å². The number of fused-ring (bicyclic) bond motifs is 5. The number of piperidine rings is 1. The van der Waals surface area contributed by atoms with Gasteiger partial charge in [0.25, 0.3) is 5.91 Å². The van der Waals surface area contributed by atoms with Crippen LogP contribution in [0.2, 0.25) is 0 Å². The molecule has 2 atom stereocenters. The summed E-state index contributed by atoms with van der Waals surface area (Å²) in [5.41, 5.74) is 8.72. The third-order valence-corrected chi connectivity index (χ3v) is 5.93. The molecule has 4 heterocycles. The van der Waals surface area contributed by atoms with Crippen LogP contribution in [0.5, 0.6) is 0 Å². The van der Waals surface area contributed by atoms with E-state index in [9.17, 15) is 4.79 Å². The normalized spacial score (nSPS) is 26.5. The van der Waals surface area contributed by atoms with Gasteiger partial charge in [0.1, 0.15) is 5.82 Å². The lowest BCUT2D eigenvalue weighted by Gasteiger charge is -2.35. The van der Waals surface area contributed by atoms with Crippen LogP contribution >= 0.6 is 0 Å². The van der Waals surface area contributed by atoms with Crippen molar-refractivity contribution in [1.29, 1.82) is 0 Å². The molecule has 5 nitrogen and oxygen atoms in total. The monoisotopic (exact) mass is 328 g/mol. The van der Waals surface area contributed by atoms with Crippen LogP contribution in [0, 0.1) is 5.92 Å². The third kappa shape index (κ3) is 2.79. The Bertz CT molecular complexity index is 644. The fraction of sp³-hybridized carbons (Fsp3) is 0.684. The van der Waals surface area contributed by atoms with Crippen molar-refractivity contribution >= 4 is 11.7 Å². The summed E-state index contributed by atoms with van der Waals surface area (Å²) in [4.78, 5) is 22.0. The average Bonchev–Trinajstić information content (AvgIpc) is 2.84. The van der Waals surface area contributed by atoms with Gasteiger partial charge in [-0.1, -0.05) is 6.92 Å². The molecule has 0 radical (unpaired) electrons. The predicted molar refractivity (Wildman–Crippen MR) is 95.4 cm³/mol. The number of primary amides is 1. The van der Waals surface area contributed by atoms with Gasteiger partial charge in [0.2, 0.25) is 0 Å². The second kappa shape index (κ2) is 6.36. The van der Waals surface area contributed by atoms with Crippen LogP contribution in [-0.4, -0.2) is 48.0 Å². The number of hydrogen-bond acceptors (Lipinski definition) is 4. The molecule has 1 aromatic rings. The van der Waals surface area contributed by atoms with Crippen LogP contribution in [0.25, 0.3) is 0 Å². The van der Waals surface area contributed by atoms with E-state index >= 15 is 0 Å². The van der Waals surface area contributed by atoms with Crippen LogP contribution in [0.3, 0.4) is 0 Å². The first-order chi connectivity index (χ1) is 11.7. The highest BCUT2D eigenvalue weighted by Gasteiger charge is 2.36. The molecule has 0 saturated carbocycles. The molecule has 1 aromatic heterocycles. The van der Waals surface area contributed by atoms with Crippen LogP contribution in [0.15, 0.2) is 6.07 Å². The first-order valence-corrected chi connectivity index (χ1v) is 9.47. The van der Waals surface area contributed by atoms with Gasteiger partial charge in [-0.2, -0.15) is 0 Å². The number of hydrogen-bond donors (Lipinski definition) is 1. The van der Waals surface area contributed by atoms with Crippen LogP contribution in [0.4, 0.5) is 5.82 Å². The Kier molecular flexibility index (Phi) is 4.21. The van der Waals surface area contributed by atoms with E-state index in [-0.39, 0.29) is 5.91 Å². The first kappa shape index (κ1) is 15.9. The van der Waals surface area contributed by atoms with E-state index in [0.29, 0.717) is 17.5 Å². The summed E-state index contributed by atoms with van der Waals surface area (Å²) in [5, 5.41) is 0. The molecule has 5 heteroatoms. The molecule has 1 aliphatic carbocycles. The van der Waals surface area contributed by atoms with Crippen molar-refractivity contribution in [3.05, 3.63) is 22.9 Å². The second-order valence-electron chi connectivity index (χ2n) is 7.68. The number of rotatable bonds is 4. The van der Waals surface area contributed by atoms with Crippen LogP contribution < -0.4 is 10.6 Å². The van der Waals surface area contributed by atoms with Crippen molar-refractivity contribution in [2.45, 2.75) is 51.5 Å². The smallest absolute Gasteiger partial charge is 0.252 e. The van der Waals surface area contributed by atoms with Gasteiger partial charge in [0.05, 0.1) is 5.56 Å². The summed E-state index contributed by atoms with van der Waals surface area (Å²) in [5.74, 6) is 1.18. The minimum atomic E-state index is -0.339. The Hall–Kier alpha value is -1.62. The highest BCUT2D eigenvalue weighted by atomic mass is 16.1. The van der Waals surface area contributed by atoms with E-state index in [1.165, 1.54) is 43.6 Å². The maximum Gasteiger partial charge on any atom is 0.252 e. The van der Waals surface area contributed by atoms with Crippen LogP contribution in [-0.2, 0) is 12.8 Å². The zero-order valence-electron chi connectivity index (χ0n) is 14.6. The number of anilines is 1. The molecule has 3 fully saturated rings. The van der Waals surface area contributed by atoms with E-state index in [4.69, 9.17) is 10.7 Å². The van der Waals surface area contributed by atoms with Gasteiger partial charge >= 0.3 is 0 Å². The molecule has 130 valence electrons. The number of aromatic nitrogens is 1. The fourth-order valence-electron chi connectivity index (χ4n) is 4.80. The van der Waals surface area contributed by atoms with Gasteiger partial charge in [-0.05, 0) is 62.6 Å². The minimum absolute atomic E-state index is 0.339. The summed E-state index contributed by atoms with van der Waals surface area (Å²) < 4.78 is 0. The molecule has 1 amide bonds. The molecular weight excluding hydrogens is 300 g/mol. The lowest BCUT2D eigenvalue weighted by molar-refractivity contribution is 0.100. The van der Waals surface area contributed by atoms with Crippen LogP contribution in [0.1, 0.15) is 54.2 Å². The van der Waals surface area contributed by atoms with Gasteiger partial charge in [-0.15, -0.1) is 0 Å². The van der Waals surface area contributed by atoms with E-state index in [1.54, 1.807) is 0 Å². The molecule has 4 aliphatic rings. The third-order valence-electron chi connectivity index (χ3n) is 5.93. The van der Waals surface area contributed by atoms with E-state index in [1.807, 2.05) is 6.07 Å². The molecule has 3 aliphatic heterocycles. The topological polar surface area (TPSA) is 62.5 Å². The molecule has 0 unspecified atom stereocenters. The summed E-state index contributed by atoms with van der Waals surface area (Å²) in [6.45, 7) is 6.59. The average molecular weight is 328 g/mol. The molecule has 2 N–H and O–H groups in total. The van der Waals surface area contributed by atoms with Gasteiger partial charge < -0.3 is 10.6 Å². The van der Waals surface area contributed by atoms with Crippen molar-refractivity contribution in [2.24, 2.45) is 11.7 Å². The number of pyridine rings is 1. The molecule has 0 aromatic carbocycles. The minimum Gasteiger partial charge on any atom is -0.365 e. The molecule has 24 heavy (non-hydrogen) atoms. The molecule has 5 rings (SSSR count). The number of amides is 1. The van der Waals surface area contributed by atoms with Gasteiger partial charge in [-0.3, -0.25) is 9.69 Å². The van der Waals surface area contributed by atoms with E-state index in [2.05, 4.69) is 16.7 Å². The number of carbonyl (C=O) groups is 1. The molecule has 3 saturated heterocycles. The number of carbonyl (C=O) groups excluding carboxylic acids is 1. The predicted octanol–water partition coefficient (Wildman–Crippen LogP) is 1.98. The molecular formula is C19H28N4O. The van der Waals surface area contributed by atoms with Gasteiger partial charge in [-0.25, -0.2) is 4.98 Å². The van der Waals surface area contributed by atoms with Crippen molar-refractivity contribution in [1.82, 2.24) is 9.88 Å². The van der Waals surface area contributed by atoms with E-state index in [0.717, 1.165) is 38.2 Å². The highest BCUT2D eigenvalue weighted by Crippen LogP contribution is 2.33. The second-order valence-corrected chi connectivity index (χ2v) is 7.68. The maximum absolute atomic E-state index is 12.0. The van der Waals surface area contributed by atoms with E-state index < -0.39 is 0 Å². The Morgan fingerprint density at radius 2 is 2.17 bits per heavy atom. The highest BCUT2D eigenvalue weighted by molar-refractivity contribution is 5.98. The summed E-state index contributed by atoms with van der Waals surface area (Å²) in [7, 11) is 0. The van der Waals surface area contributed by atoms with Crippen molar-refractivity contribution in [3.8, 4) is 0 Å². The summed E-state index contributed by atoms with van der Waals surface area (Å²) in [6, 6.07) is 2.60. The van der Waals surface area contributed by atoms with Gasteiger partial charge in [0, 0.05) is 31.4 Å². The Morgan fingerprint density at radius 3 is 2.96 bits per heavy atom. The lowest BCUT2D eigenvalue weighted by atomic mass is 9.95. The maximum atomic E-state index is 12.0. The van der Waals surface area contributed by atoms with Crippen molar-refractivity contribution in [2.75, 3.05) is 31.1 Å². The molecule has 0 spiro atoms. The zero-order valence-corrected chi connectivity index (χ0v) is 14.6. The quantitative estimate of drug-likeness (QED) is 0.918. The zero-order chi connectivity index (χ0) is 16.7. The number of aryl methyl sites for hydroxylation is 2. The summed E-state index contributed by atoms with van der Waals surface area (Å²) in [6.07, 6.45) is 6.95. The summed E-state index contributed by atoms with van der Waals surface area (Å²) >= 11 is 0. The lowest BCUT2D eigenvalue weighted by Crippen LogP contribution is -2.44. The largest absolute Gasteiger partial charge is 0.365 e. The Labute approximate surface area is 144 Å².